The summed E-state index contributed by atoms with van der Waals surface area (Å²) < 4.78 is 11.4. The average Bonchev–Trinajstić information content (AvgIpc) is 2.93. The first-order chi connectivity index (χ1) is 12.3. The molecule has 0 aliphatic carbocycles. The minimum absolute atomic E-state index is 0.000212. The zero-order valence-electron chi connectivity index (χ0n) is 14.0. The molecule has 3 heterocycles. The van der Waals surface area contributed by atoms with E-state index in [0.717, 1.165) is 25.1 Å². The van der Waals surface area contributed by atoms with E-state index in [4.69, 9.17) is 9.47 Å². The number of hydrogen-bond donors (Lipinski definition) is 1. The summed E-state index contributed by atoms with van der Waals surface area (Å²) in [5.41, 5.74) is 1.72. The lowest BCUT2D eigenvalue weighted by atomic mass is 10.0. The highest BCUT2D eigenvalue weighted by Gasteiger charge is 2.29. The standard InChI is InChI=1S/C19H21N3O3/c23-19(15-2-3-17-18(12-15)25-11-1-10-24-17)22-9-8-21-13-16(22)14-4-6-20-7-5-14/h2-7,12,16,21H,1,8-11,13H2. The maximum Gasteiger partial charge on any atom is 0.254 e. The number of ether oxygens (including phenoxy) is 2. The Morgan fingerprint density at radius 2 is 1.92 bits per heavy atom. The molecule has 0 bridgehead atoms. The molecule has 1 amide bonds. The quantitative estimate of drug-likeness (QED) is 0.907. The Morgan fingerprint density at radius 1 is 1.12 bits per heavy atom. The molecule has 4 rings (SSSR count). The maximum atomic E-state index is 13.1. The van der Waals surface area contributed by atoms with Crippen LogP contribution in [0.3, 0.4) is 0 Å². The Hall–Kier alpha value is -2.60. The van der Waals surface area contributed by atoms with Gasteiger partial charge in [0.15, 0.2) is 11.5 Å². The van der Waals surface area contributed by atoms with Gasteiger partial charge in [-0.05, 0) is 35.9 Å². The van der Waals surface area contributed by atoms with Crippen LogP contribution in [0.4, 0.5) is 0 Å². The molecule has 25 heavy (non-hydrogen) atoms. The Morgan fingerprint density at radius 3 is 2.76 bits per heavy atom. The van der Waals surface area contributed by atoms with Crippen molar-refractivity contribution in [3.63, 3.8) is 0 Å². The predicted molar refractivity (Wildman–Crippen MR) is 92.9 cm³/mol. The van der Waals surface area contributed by atoms with Crippen LogP contribution in [0.25, 0.3) is 0 Å². The number of pyridine rings is 1. The lowest BCUT2D eigenvalue weighted by molar-refractivity contribution is 0.0634. The van der Waals surface area contributed by atoms with Gasteiger partial charge in [-0.15, -0.1) is 0 Å². The van der Waals surface area contributed by atoms with E-state index in [9.17, 15) is 4.79 Å². The highest BCUT2D eigenvalue weighted by molar-refractivity contribution is 5.95. The SMILES string of the molecule is O=C(c1ccc2c(c1)OCCCO2)N1CCNCC1c1ccncc1. The number of fused-ring (bicyclic) bond motifs is 1. The fourth-order valence-electron chi connectivity index (χ4n) is 3.29. The van der Waals surface area contributed by atoms with Crippen molar-refractivity contribution in [3.05, 3.63) is 53.9 Å². The van der Waals surface area contributed by atoms with Gasteiger partial charge in [0.05, 0.1) is 19.3 Å². The van der Waals surface area contributed by atoms with Crippen molar-refractivity contribution in [1.29, 1.82) is 0 Å². The molecule has 1 atom stereocenters. The molecule has 0 saturated carbocycles. The number of hydrogen-bond acceptors (Lipinski definition) is 5. The van der Waals surface area contributed by atoms with Gasteiger partial charge in [-0.25, -0.2) is 0 Å². The Labute approximate surface area is 146 Å². The second-order valence-electron chi connectivity index (χ2n) is 6.21. The molecule has 0 spiro atoms. The van der Waals surface area contributed by atoms with E-state index in [-0.39, 0.29) is 11.9 Å². The topological polar surface area (TPSA) is 63.7 Å². The van der Waals surface area contributed by atoms with Crippen LogP contribution in [0, 0.1) is 0 Å². The lowest BCUT2D eigenvalue weighted by Gasteiger charge is -2.36. The Balaban J connectivity index is 1.61. The Kier molecular flexibility index (Phi) is 4.52. The van der Waals surface area contributed by atoms with Crippen molar-refractivity contribution in [2.24, 2.45) is 0 Å². The van der Waals surface area contributed by atoms with Gasteiger partial charge in [-0.1, -0.05) is 0 Å². The molecule has 6 nitrogen and oxygen atoms in total. The monoisotopic (exact) mass is 339 g/mol. The third-order valence-corrected chi connectivity index (χ3v) is 4.59. The largest absolute Gasteiger partial charge is 0.490 e. The van der Waals surface area contributed by atoms with Crippen molar-refractivity contribution in [2.75, 3.05) is 32.8 Å². The number of aromatic nitrogens is 1. The second kappa shape index (κ2) is 7.11. The van der Waals surface area contributed by atoms with Crippen LogP contribution in [0.1, 0.15) is 28.4 Å². The predicted octanol–water partition coefficient (Wildman–Crippen LogP) is 2.03. The van der Waals surface area contributed by atoms with Crippen LogP contribution in [-0.2, 0) is 0 Å². The molecule has 0 radical (unpaired) electrons. The molecule has 1 saturated heterocycles. The molecule has 1 fully saturated rings. The van der Waals surface area contributed by atoms with Gasteiger partial charge < -0.3 is 19.7 Å². The van der Waals surface area contributed by atoms with E-state index < -0.39 is 0 Å². The molecular formula is C19H21N3O3. The van der Waals surface area contributed by atoms with Crippen molar-refractivity contribution < 1.29 is 14.3 Å². The van der Waals surface area contributed by atoms with Gasteiger partial charge >= 0.3 is 0 Å². The summed E-state index contributed by atoms with van der Waals surface area (Å²) >= 11 is 0. The van der Waals surface area contributed by atoms with E-state index in [1.54, 1.807) is 18.5 Å². The number of amides is 1. The molecule has 2 aliphatic heterocycles. The van der Waals surface area contributed by atoms with E-state index in [2.05, 4.69) is 10.3 Å². The number of piperazine rings is 1. The molecule has 130 valence electrons. The van der Waals surface area contributed by atoms with Crippen molar-refractivity contribution >= 4 is 5.91 Å². The van der Waals surface area contributed by atoms with Gasteiger partial charge in [0.25, 0.3) is 5.91 Å². The molecule has 2 aliphatic rings. The number of carbonyl (C=O) groups is 1. The van der Waals surface area contributed by atoms with Gasteiger partial charge in [-0.2, -0.15) is 0 Å². The van der Waals surface area contributed by atoms with Crippen molar-refractivity contribution in [3.8, 4) is 11.5 Å². The number of benzene rings is 1. The van der Waals surface area contributed by atoms with Crippen LogP contribution >= 0.6 is 0 Å². The van der Waals surface area contributed by atoms with Gasteiger partial charge in [0.2, 0.25) is 0 Å². The van der Waals surface area contributed by atoms with Crippen LogP contribution in [0.2, 0.25) is 0 Å². The van der Waals surface area contributed by atoms with Gasteiger partial charge in [0.1, 0.15) is 0 Å². The summed E-state index contributed by atoms with van der Waals surface area (Å²) in [5, 5.41) is 3.37. The van der Waals surface area contributed by atoms with E-state index in [0.29, 0.717) is 36.8 Å². The molecule has 2 aromatic rings. The fourth-order valence-corrected chi connectivity index (χ4v) is 3.29. The summed E-state index contributed by atoms with van der Waals surface area (Å²) in [6.45, 7) is 3.44. The molecule has 1 N–H and O–H groups in total. The third kappa shape index (κ3) is 3.30. The number of nitrogens with zero attached hydrogens (tertiary/aromatic N) is 2. The minimum Gasteiger partial charge on any atom is -0.490 e. The molecule has 6 heteroatoms. The molecule has 1 aromatic heterocycles. The number of nitrogens with one attached hydrogen (secondary N) is 1. The fraction of sp³-hybridized carbons (Fsp3) is 0.368. The molecular weight excluding hydrogens is 318 g/mol. The third-order valence-electron chi connectivity index (χ3n) is 4.59. The normalized spacial score (nSPS) is 20.0. The minimum atomic E-state index is 0.000212. The highest BCUT2D eigenvalue weighted by atomic mass is 16.5. The summed E-state index contributed by atoms with van der Waals surface area (Å²) in [4.78, 5) is 19.1. The van der Waals surface area contributed by atoms with Crippen LogP contribution in [-0.4, -0.2) is 48.6 Å². The van der Waals surface area contributed by atoms with Crippen LogP contribution in [0.5, 0.6) is 11.5 Å². The van der Waals surface area contributed by atoms with Gasteiger partial charge in [0, 0.05) is 44.0 Å². The first-order valence-corrected chi connectivity index (χ1v) is 8.64. The van der Waals surface area contributed by atoms with E-state index >= 15 is 0 Å². The first kappa shape index (κ1) is 15.9. The van der Waals surface area contributed by atoms with E-state index in [1.165, 1.54) is 0 Å². The second-order valence-corrected chi connectivity index (χ2v) is 6.21. The molecule has 1 aromatic carbocycles. The zero-order chi connectivity index (χ0) is 17.1. The summed E-state index contributed by atoms with van der Waals surface area (Å²) in [6, 6.07) is 9.38. The zero-order valence-corrected chi connectivity index (χ0v) is 14.0. The van der Waals surface area contributed by atoms with E-state index in [1.807, 2.05) is 29.2 Å². The summed E-state index contributed by atoms with van der Waals surface area (Å²) in [5.74, 6) is 1.37. The lowest BCUT2D eigenvalue weighted by Crippen LogP contribution is -2.48. The first-order valence-electron chi connectivity index (χ1n) is 8.64. The van der Waals surface area contributed by atoms with Crippen molar-refractivity contribution in [1.82, 2.24) is 15.2 Å². The highest BCUT2D eigenvalue weighted by Crippen LogP contribution is 2.32. The number of rotatable bonds is 2. The molecule has 1 unspecified atom stereocenters. The van der Waals surface area contributed by atoms with Crippen LogP contribution < -0.4 is 14.8 Å². The van der Waals surface area contributed by atoms with Crippen LogP contribution in [0.15, 0.2) is 42.7 Å². The summed E-state index contributed by atoms with van der Waals surface area (Å²) in [7, 11) is 0. The summed E-state index contributed by atoms with van der Waals surface area (Å²) in [6.07, 6.45) is 4.38. The smallest absolute Gasteiger partial charge is 0.254 e. The maximum absolute atomic E-state index is 13.1. The van der Waals surface area contributed by atoms with Crippen molar-refractivity contribution in [2.45, 2.75) is 12.5 Å². The number of carbonyl (C=O) groups excluding carboxylic acids is 1. The average molecular weight is 339 g/mol. The Bertz CT molecular complexity index is 751. The van der Waals surface area contributed by atoms with Gasteiger partial charge in [-0.3, -0.25) is 9.78 Å².